The highest BCUT2D eigenvalue weighted by Gasteiger charge is 2.25. The van der Waals surface area contributed by atoms with Crippen molar-refractivity contribution in [2.24, 2.45) is 0 Å². The van der Waals surface area contributed by atoms with Crippen LogP contribution in [-0.2, 0) is 19.1 Å². The van der Waals surface area contributed by atoms with Crippen LogP contribution in [0.4, 0.5) is 5.69 Å². The summed E-state index contributed by atoms with van der Waals surface area (Å²) in [5, 5.41) is 2.72. The second-order valence-electron chi connectivity index (χ2n) is 5.70. The number of rotatable bonds is 8. The SMILES string of the molecule is COc1cccc(NC(=O)[C@@H](OC(=O)CCC(C)=O)c2ccccc2)c1. The molecule has 136 valence electrons. The largest absolute Gasteiger partial charge is 0.497 e. The van der Waals surface area contributed by atoms with Gasteiger partial charge in [0.15, 0.2) is 0 Å². The number of carbonyl (C=O) groups excluding carboxylic acids is 3. The maximum Gasteiger partial charge on any atom is 0.307 e. The molecule has 0 saturated carbocycles. The van der Waals surface area contributed by atoms with Gasteiger partial charge in [0.05, 0.1) is 13.5 Å². The summed E-state index contributed by atoms with van der Waals surface area (Å²) in [5.41, 5.74) is 1.07. The number of nitrogens with one attached hydrogen (secondary N) is 1. The molecule has 0 aromatic heterocycles. The van der Waals surface area contributed by atoms with Crippen LogP contribution in [0.1, 0.15) is 31.4 Å². The van der Waals surface area contributed by atoms with Gasteiger partial charge in [-0.2, -0.15) is 0 Å². The van der Waals surface area contributed by atoms with Crippen molar-refractivity contribution in [3.05, 3.63) is 60.2 Å². The number of amides is 1. The van der Waals surface area contributed by atoms with Crippen LogP contribution in [0.5, 0.6) is 5.75 Å². The minimum Gasteiger partial charge on any atom is -0.497 e. The minimum atomic E-state index is -1.11. The molecule has 0 bridgehead atoms. The van der Waals surface area contributed by atoms with Gasteiger partial charge in [0, 0.05) is 23.7 Å². The summed E-state index contributed by atoms with van der Waals surface area (Å²) >= 11 is 0. The van der Waals surface area contributed by atoms with Gasteiger partial charge in [0.25, 0.3) is 5.91 Å². The van der Waals surface area contributed by atoms with E-state index in [1.807, 2.05) is 0 Å². The van der Waals surface area contributed by atoms with Crippen molar-refractivity contribution >= 4 is 23.3 Å². The van der Waals surface area contributed by atoms with Gasteiger partial charge < -0.3 is 19.6 Å². The molecule has 0 radical (unpaired) electrons. The third kappa shape index (κ3) is 5.73. The first-order valence-electron chi connectivity index (χ1n) is 8.18. The number of Topliss-reactive ketones (excluding diaryl/α,β-unsaturated/α-hetero) is 1. The summed E-state index contributed by atoms with van der Waals surface area (Å²) < 4.78 is 10.5. The van der Waals surface area contributed by atoms with E-state index in [1.54, 1.807) is 54.6 Å². The first-order chi connectivity index (χ1) is 12.5. The molecule has 6 heteroatoms. The molecule has 26 heavy (non-hydrogen) atoms. The number of anilines is 1. The third-order valence-electron chi connectivity index (χ3n) is 3.61. The van der Waals surface area contributed by atoms with E-state index in [0.29, 0.717) is 17.0 Å². The van der Waals surface area contributed by atoms with Crippen LogP contribution in [0.15, 0.2) is 54.6 Å². The zero-order valence-corrected chi connectivity index (χ0v) is 14.7. The molecule has 1 amide bonds. The second kappa shape index (κ2) is 9.36. The Morgan fingerprint density at radius 2 is 1.73 bits per heavy atom. The van der Waals surface area contributed by atoms with Crippen LogP contribution >= 0.6 is 0 Å². The van der Waals surface area contributed by atoms with Gasteiger partial charge in [0.2, 0.25) is 6.10 Å². The first-order valence-corrected chi connectivity index (χ1v) is 8.18. The fourth-order valence-corrected chi connectivity index (χ4v) is 2.28. The van der Waals surface area contributed by atoms with E-state index in [2.05, 4.69) is 5.32 Å². The van der Waals surface area contributed by atoms with Crippen molar-refractivity contribution in [3.8, 4) is 5.75 Å². The van der Waals surface area contributed by atoms with Crippen molar-refractivity contribution < 1.29 is 23.9 Å². The summed E-state index contributed by atoms with van der Waals surface area (Å²) in [6.07, 6.45) is -1.09. The van der Waals surface area contributed by atoms with Crippen LogP contribution in [0.3, 0.4) is 0 Å². The van der Waals surface area contributed by atoms with Crippen LogP contribution in [0.2, 0.25) is 0 Å². The van der Waals surface area contributed by atoms with Crippen LogP contribution < -0.4 is 10.1 Å². The number of esters is 1. The highest BCUT2D eigenvalue weighted by Crippen LogP contribution is 2.23. The van der Waals surface area contributed by atoms with E-state index in [0.717, 1.165) is 0 Å². The lowest BCUT2D eigenvalue weighted by Crippen LogP contribution is -2.26. The minimum absolute atomic E-state index is 0.0644. The Balaban J connectivity index is 2.15. The Kier molecular flexibility index (Phi) is 6.91. The van der Waals surface area contributed by atoms with Gasteiger partial charge >= 0.3 is 5.97 Å². The van der Waals surface area contributed by atoms with Gasteiger partial charge in [-0.05, 0) is 19.1 Å². The summed E-state index contributed by atoms with van der Waals surface area (Å²) in [6, 6.07) is 15.6. The molecule has 0 unspecified atom stereocenters. The summed E-state index contributed by atoms with van der Waals surface area (Å²) in [6.45, 7) is 1.40. The van der Waals surface area contributed by atoms with Crippen molar-refractivity contribution in [2.45, 2.75) is 25.9 Å². The summed E-state index contributed by atoms with van der Waals surface area (Å²) in [4.78, 5) is 35.7. The van der Waals surface area contributed by atoms with Crippen LogP contribution in [-0.4, -0.2) is 24.8 Å². The summed E-state index contributed by atoms with van der Waals surface area (Å²) in [7, 11) is 1.53. The topological polar surface area (TPSA) is 81.7 Å². The molecule has 1 atom stereocenters. The van der Waals surface area contributed by atoms with Gasteiger partial charge in [-0.1, -0.05) is 36.4 Å². The average molecular weight is 355 g/mol. The molecule has 0 aliphatic rings. The molecule has 0 fully saturated rings. The fourth-order valence-electron chi connectivity index (χ4n) is 2.28. The number of hydrogen-bond acceptors (Lipinski definition) is 5. The molecule has 0 aliphatic heterocycles. The zero-order valence-electron chi connectivity index (χ0n) is 14.7. The smallest absolute Gasteiger partial charge is 0.307 e. The lowest BCUT2D eigenvalue weighted by atomic mass is 10.1. The number of carbonyl (C=O) groups is 3. The number of ether oxygens (including phenoxy) is 2. The van der Waals surface area contributed by atoms with Gasteiger partial charge in [0.1, 0.15) is 11.5 Å². The Morgan fingerprint density at radius 1 is 1.00 bits per heavy atom. The lowest BCUT2D eigenvalue weighted by molar-refractivity contribution is -0.155. The fraction of sp³-hybridized carbons (Fsp3) is 0.250. The Morgan fingerprint density at radius 3 is 2.38 bits per heavy atom. The molecular formula is C20H21NO5. The normalized spacial score (nSPS) is 11.3. The zero-order chi connectivity index (χ0) is 18.9. The van der Waals surface area contributed by atoms with Crippen molar-refractivity contribution in [1.82, 2.24) is 0 Å². The number of benzene rings is 2. The summed E-state index contributed by atoms with van der Waals surface area (Å²) in [5.74, 6) is -0.605. The number of ketones is 1. The van der Waals surface area contributed by atoms with E-state index in [9.17, 15) is 14.4 Å². The molecule has 2 rings (SSSR count). The second-order valence-corrected chi connectivity index (χ2v) is 5.70. The molecule has 0 saturated heterocycles. The maximum absolute atomic E-state index is 12.7. The number of hydrogen-bond donors (Lipinski definition) is 1. The molecule has 2 aromatic rings. The first kappa shape index (κ1) is 19.2. The quantitative estimate of drug-likeness (QED) is 0.735. The van der Waals surface area contributed by atoms with E-state index in [-0.39, 0.29) is 18.6 Å². The monoisotopic (exact) mass is 355 g/mol. The van der Waals surface area contributed by atoms with Crippen LogP contribution in [0.25, 0.3) is 0 Å². The van der Waals surface area contributed by atoms with E-state index in [1.165, 1.54) is 14.0 Å². The molecule has 2 aromatic carbocycles. The standard InChI is InChI=1S/C20H21NO5/c1-14(22)11-12-18(23)26-19(15-7-4-3-5-8-15)20(24)21-16-9-6-10-17(13-16)25-2/h3-10,13,19H,11-12H2,1-2H3,(H,21,24)/t19-/m0/s1. The van der Waals surface area contributed by atoms with Gasteiger partial charge in [-0.15, -0.1) is 0 Å². The Labute approximate surface area is 152 Å². The predicted octanol–water partition coefficient (Wildman–Crippen LogP) is 3.29. The van der Waals surface area contributed by atoms with E-state index < -0.39 is 18.0 Å². The van der Waals surface area contributed by atoms with Gasteiger partial charge in [-0.25, -0.2) is 0 Å². The third-order valence-corrected chi connectivity index (χ3v) is 3.61. The predicted molar refractivity (Wildman–Crippen MR) is 96.8 cm³/mol. The highest BCUT2D eigenvalue weighted by atomic mass is 16.5. The average Bonchev–Trinajstić information content (AvgIpc) is 2.65. The van der Waals surface area contributed by atoms with E-state index in [4.69, 9.17) is 9.47 Å². The lowest BCUT2D eigenvalue weighted by Gasteiger charge is -2.18. The van der Waals surface area contributed by atoms with Crippen molar-refractivity contribution in [3.63, 3.8) is 0 Å². The Bertz CT molecular complexity index is 773. The van der Waals surface area contributed by atoms with Gasteiger partial charge in [-0.3, -0.25) is 9.59 Å². The number of methoxy groups -OCH3 is 1. The van der Waals surface area contributed by atoms with Crippen LogP contribution in [0, 0.1) is 0 Å². The van der Waals surface area contributed by atoms with E-state index >= 15 is 0 Å². The molecular weight excluding hydrogens is 334 g/mol. The Hall–Kier alpha value is -3.15. The maximum atomic E-state index is 12.7. The molecule has 0 spiro atoms. The van der Waals surface area contributed by atoms with Crippen molar-refractivity contribution in [1.29, 1.82) is 0 Å². The molecule has 1 N–H and O–H groups in total. The van der Waals surface area contributed by atoms with Crippen molar-refractivity contribution in [2.75, 3.05) is 12.4 Å². The molecule has 0 aliphatic carbocycles. The highest BCUT2D eigenvalue weighted by molar-refractivity contribution is 5.96. The molecule has 0 heterocycles. The molecule has 6 nitrogen and oxygen atoms in total.